The number of esters is 4. The van der Waals surface area contributed by atoms with Gasteiger partial charge in [-0.3, -0.25) is 29.0 Å². The third-order valence-electron chi connectivity index (χ3n) is 4.83. The molecule has 13 heteroatoms. The van der Waals surface area contributed by atoms with Crippen molar-refractivity contribution in [2.75, 3.05) is 6.61 Å². The molecule has 0 aromatic carbocycles. The van der Waals surface area contributed by atoms with Crippen LogP contribution in [-0.2, 0) is 54.2 Å². The lowest BCUT2D eigenvalue weighted by molar-refractivity contribution is -0.310. The minimum atomic E-state index is -1.43. The standard InChI is InChI=1S/C22H27NO12/c1-10-18(29)16(7-24)15(6-23-10)8-31-22-21(34-14(5)28)20(33-13(4)27)19(32-12(3)26)17(35-22)9-30-11(2)25/h6-7,17,19-22,29H,8-9H2,1-5H3/t17-,19+,20+,21-,22-/m1/s1. The Bertz CT molecular complexity index is 977. The Kier molecular flexibility index (Phi) is 9.66. The SMILES string of the molecule is CC(=O)OC[C@H]1O[C@@H](OCc2cnc(C)c(O)c2C=O)[C@H](OC(C)=O)[C@@H](OC(C)=O)[C@H]1OC(C)=O. The van der Waals surface area contributed by atoms with Crippen LogP contribution in [0, 0.1) is 6.92 Å². The van der Waals surface area contributed by atoms with Crippen molar-refractivity contribution >= 4 is 30.2 Å². The lowest BCUT2D eigenvalue weighted by atomic mass is 9.98. The number of hydrogen-bond donors (Lipinski definition) is 1. The van der Waals surface area contributed by atoms with Gasteiger partial charge in [0.1, 0.15) is 18.5 Å². The van der Waals surface area contributed by atoms with Crippen LogP contribution in [0.15, 0.2) is 6.20 Å². The van der Waals surface area contributed by atoms with Crippen LogP contribution in [0.4, 0.5) is 0 Å². The lowest BCUT2D eigenvalue weighted by Gasteiger charge is -2.44. The third-order valence-corrected chi connectivity index (χ3v) is 4.83. The first-order valence-corrected chi connectivity index (χ1v) is 10.5. The van der Waals surface area contributed by atoms with Crippen molar-refractivity contribution in [3.05, 3.63) is 23.0 Å². The van der Waals surface area contributed by atoms with Crippen LogP contribution in [0.25, 0.3) is 0 Å². The number of aromatic nitrogens is 1. The van der Waals surface area contributed by atoms with E-state index in [0.717, 1.165) is 27.7 Å². The van der Waals surface area contributed by atoms with Gasteiger partial charge in [0.05, 0.1) is 17.9 Å². The monoisotopic (exact) mass is 497 g/mol. The zero-order valence-electron chi connectivity index (χ0n) is 19.8. The summed E-state index contributed by atoms with van der Waals surface area (Å²) in [5.41, 5.74) is 0.349. The quantitative estimate of drug-likeness (QED) is 0.284. The second-order valence-corrected chi connectivity index (χ2v) is 7.63. The van der Waals surface area contributed by atoms with Crippen molar-refractivity contribution in [3.8, 4) is 5.75 Å². The second-order valence-electron chi connectivity index (χ2n) is 7.63. The molecule has 13 nitrogen and oxygen atoms in total. The number of ether oxygens (including phenoxy) is 6. The molecule has 1 aromatic rings. The first-order chi connectivity index (χ1) is 16.4. The predicted octanol–water partition coefficient (Wildman–Crippen LogP) is 0.508. The molecule has 0 unspecified atom stereocenters. The molecule has 35 heavy (non-hydrogen) atoms. The van der Waals surface area contributed by atoms with Gasteiger partial charge in [-0.15, -0.1) is 0 Å². The van der Waals surface area contributed by atoms with E-state index < -0.39 is 61.2 Å². The normalized spacial score (nSPS) is 23.6. The Morgan fingerprint density at radius 2 is 1.54 bits per heavy atom. The molecule has 0 spiro atoms. The number of aromatic hydroxyl groups is 1. The molecule has 192 valence electrons. The molecule has 1 aliphatic heterocycles. The minimum absolute atomic E-state index is 0.0665. The summed E-state index contributed by atoms with van der Waals surface area (Å²) < 4.78 is 32.4. The Labute approximate surface area is 200 Å². The third kappa shape index (κ3) is 7.45. The summed E-state index contributed by atoms with van der Waals surface area (Å²) in [6, 6.07) is 0. The number of aryl methyl sites for hydroxylation is 1. The molecule has 2 heterocycles. The van der Waals surface area contributed by atoms with E-state index in [1.54, 1.807) is 0 Å². The van der Waals surface area contributed by atoms with Gasteiger partial charge in [-0.2, -0.15) is 0 Å². The fourth-order valence-corrected chi connectivity index (χ4v) is 3.39. The molecule has 1 aliphatic rings. The molecule has 0 radical (unpaired) electrons. The zero-order valence-corrected chi connectivity index (χ0v) is 19.8. The molecule has 1 fully saturated rings. The maximum Gasteiger partial charge on any atom is 0.303 e. The van der Waals surface area contributed by atoms with Crippen molar-refractivity contribution < 1.29 is 57.5 Å². The predicted molar refractivity (Wildman–Crippen MR) is 113 cm³/mol. The number of pyridine rings is 1. The topological polar surface area (TPSA) is 174 Å². The number of carbonyl (C=O) groups is 5. The Morgan fingerprint density at radius 3 is 2.09 bits per heavy atom. The molecule has 5 atom stereocenters. The molecule has 2 rings (SSSR count). The van der Waals surface area contributed by atoms with Crippen molar-refractivity contribution in [3.63, 3.8) is 0 Å². The Hall–Kier alpha value is -3.58. The highest BCUT2D eigenvalue weighted by molar-refractivity contribution is 5.81. The number of carbonyl (C=O) groups excluding carboxylic acids is 5. The average Bonchev–Trinajstić information content (AvgIpc) is 2.75. The summed E-state index contributed by atoms with van der Waals surface area (Å²) in [5.74, 6) is -3.32. The Morgan fingerprint density at radius 1 is 0.971 bits per heavy atom. The van der Waals surface area contributed by atoms with Crippen LogP contribution < -0.4 is 0 Å². The largest absolute Gasteiger partial charge is 0.505 e. The molecule has 0 bridgehead atoms. The molecule has 1 saturated heterocycles. The van der Waals surface area contributed by atoms with E-state index in [9.17, 15) is 29.1 Å². The smallest absolute Gasteiger partial charge is 0.303 e. The summed E-state index contributed by atoms with van der Waals surface area (Å²) in [7, 11) is 0. The number of aldehydes is 1. The summed E-state index contributed by atoms with van der Waals surface area (Å²) in [4.78, 5) is 62.3. The molecule has 0 saturated carbocycles. The fourth-order valence-electron chi connectivity index (χ4n) is 3.39. The van der Waals surface area contributed by atoms with Gasteiger partial charge in [0.25, 0.3) is 0 Å². The molecule has 0 amide bonds. The van der Waals surface area contributed by atoms with E-state index in [1.807, 2.05) is 0 Å². The molecule has 1 aromatic heterocycles. The van der Waals surface area contributed by atoms with E-state index >= 15 is 0 Å². The molecule has 0 aliphatic carbocycles. The van der Waals surface area contributed by atoms with Crippen molar-refractivity contribution in [1.29, 1.82) is 0 Å². The van der Waals surface area contributed by atoms with Gasteiger partial charge in [0, 0.05) is 39.5 Å². The van der Waals surface area contributed by atoms with Crippen molar-refractivity contribution in [2.24, 2.45) is 0 Å². The molecular formula is C22H27NO12. The number of rotatable bonds is 9. The van der Waals surface area contributed by atoms with Gasteiger partial charge in [-0.05, 0) is 6.92 Å². The highest BCUT2D eigenvalue weighted by Crippen LogP contribution is 2.31. The second kappa shape index (κ2) is 12.2. The van der Waals surface area contributed by atoms with Gasteiger partial charge in [-0.25, -0.2) is 0 Å². The maximum absolute atomic E-state index is 11.8. The van der Waals surface area contributed by atoms with E-state index in [0.29, 0.717) is 6.29 Å². The summed E-state index contributed by atoms with van der Waals surface area (Å²) in [6.07, 6.45) is -5.01. The minimum Gasteiger partial charge on any atom is -0.505 e. The van der Waals surface area contributed by atoms with E-state index in [4.69, 9.17) is 28.4 Å². The van der Waals surface area contributed by atoms with E-state index in [2.05, 4.69) is 4.98 Å². The fraction of sp³-hybridized carbons (Fsp3) is 0.545. The van der Waals surface area contributed by atoms with Gasteiger partial charge in [0.2, 0.25) is 0 Å². The lowest BCUT2D eigenvalue weighted by Crippen LogP contribution is -2.62. The molecular weight excluding hydrogens is 470 g/mol. The van der Waals surface area contributed by atoms with Crippen molar-refractivity contribution in [2.45, 2.75) is 71.9 Å². The van der Waals surface area contributed by atoms with Gasteiger partial charge in [0.15, 0.2) is 30.9 Å². The Balaban J connectivity index is 2.44. The first-order valence-electron chi connectivity index (χ1n) is 10.5. The van der Waals surface area contributed by atoms with Gasteiger partial charge in [-0.1, -0.05) is 0 Å². The summed E-state index contributed by atoms with van der Waals surface area (Å²) >= 11 is 0. The highest BCUT2D eigenvalue weighted by atomic mass is 16.7. The highest BCUT2D eigenvalue weighted by Gasteiger charge is 2.52. The number of nitrogens with zero attached hydrogens (tertiary/aromatic N) is 1. The van der Waals surface area contributed by atoms with Gasteiger partial charge < -0.3 is 33.5 Å². The van der Waals surface area contributed by atoms with E-state index in [1.165, 1.54) is 13.1 Å². The van der Waals surface area contributed by atoms with Crippen LogP contribution in [-0.4, -0.2) is 77.6 Å². The summed E-state index contributed by atoms with van der Waals surface area (Å²) in [5, 5.41) is 10.1. The molecule has 1 N–H and O–H groups in total. The maximum atomic E-state index is 11.8. The van der Waals surface area contributed by atoms with Gasteiger partial charge >= 0.3 is 23.9 Å². The average molecular weight is 497 g/mol. The van der Waals surface area contributed by atoms with Crippen molar-refractivity contribution in [1.82, 2.24) is 4.98 Å². The zero-order chi connectivity index (χ0) is 26.3. The van der Waals surface area contributed by atoms with E-state index in [-0.39, 0.29) is 29.2 Å². The van der Waals surface area contributed by atoms with Crippen LogP contribution in [0.3, 0.4) is 0 Å². The van der Waals surface area contributed by atoms with Crippen LogP contribution in [0.1, 0.15) is 49.3 Å². The van der Waals surface area contributed by atoms with Crippen LogP contribution in [0.5, 0.6) is 5.75 Å². The van der Waals surface area contributed by atoms with Crippen LogP contribution in [0.2, 0.25) is 0 Å². The van der Waals surface area contributed by atoms with Crippen LogP contribution >= 0.6 is 0 Å². The number of hydrogen-bond acceptors (Lipinski definition) is 13. The first kappa shape index (κ1) is 27.7. The summed E-state index contributed by atoms with van der Waals surface area (Å²) in [6.45, 7) is 5.20.